The molecule has 0 amide bonds. The Hall–Kier alpha value is -1.01. The number of nitrogen functional groups attached to an aromatic ring is 1. The van der Waals surface area contributed by atoms with Crippen molar-refractivity contribution in [2.24, 2.45) is 0 Å². The van der Waals surface area contributed by atoms with Crippen molar-refractivity contribution in [3.63, 3.8) is 0 Å². The molecular formula is C12H13BrN4S. The van der Waals surface area contributed by atoms with Gasteiger partial charge in [0.05, 0.1) is 20.6 Å². The highest BCUT2D eigenvalue weighted by molar-refractivity contribution is 9.10. The van der Waals surface area contributed by atoms with Crippen molar-refractivity contribution in [1.29, 1.82) is 0 Å². The fourth-order valence-corrected chi connectivity index (χ4v) is 3.44. The first kappa shape index (κ1) is 12.0. The molecule has 3 rings (SSSR count). The molecule has 2 N–H and O–H groups in total. The average Bonchev–Trinajstić information content (AvgIpc) is 3.03. The minimum absolute atomic E-state index is 0.511. The third-order valence-electron chi connectivity index (χ3n) is 3.30. The van der Waals surface area contributed by atoms with E-state index in [1.54, 1.807) is 11.7 Å². The summed E-state index contributed by atoms with van der Waals surface area (Å²) >= 11 is 5.06. The Morgan fingerprint density at radius 2 is 2.06 bits per heavy atom. The number of nitrogens with zero attached hydrogens (tertiary/aromatic N) is 3. The van der Waals surface area contributed by atoms with Crippen LogP contribution in [0, 0.1) is 0 Å². The minimum Gasteiger partial charge on any atom is -0.383 e. The van der Waals surface area contributed by atoms with Crippen LogP contribution >= 0.6 is 27.3 Å². The van der Waals surface area contributed by atoms with Crippen molar-refractivity contribution in [3.05, 3.63) is 21.9 Å². The summed E-state index contributed by atoms with van der Waals surface area (Å²) in [6, 6.07) is 0. The van der Waals surface area contributed by atoms with Crippen LogP contribution in [-0.2, 0) is 0 Å². The molecule has 18 heavy (non-hydrogen) atoms. The lowest BCUT2D eigenvalue weighted by molar-refractivity contribution is 0.692. The van der Waals surface area contributed by atoms with Gasteiger partial charge in [-0.25, -0.2) is 9.97 Å². The summed E-state index contributed by atoms with van der Waals surface area (Å²) in [4.78, 5) is 14.1. The maximum absolute atomic E-state index is 5.98. The number of anilines is 1. The van der Waals surface area contributed by atoms with Crippen LogP contribution in [0.4, 0.5) is 5.82 Å². The summed E-state index contributed by atoms with van der Waals surface area (Å²) in [5.74, 6) is 1.73. The molecule has 6 heteroatoms. The molecule has 2 heterocycles. The van der Waals surface area contributed by atoms with Gasteiger partial charge in [-0.3, -0.25) is 4.98 Å². The molecule has 1 aliphatic carbocycles. The largest absolute Gasteiger partial charge is 0.383 e. The fourth-order valence-electron chi connectivity index (χ4n) is 2.39. The van der Waals surface area contributed by atoms with E-state index in [2.05, 4.69) is 25.9 Å². The topological polar surface area (TPSA) is 64.7 Å². The van der Waals surface area contributed by atoms with Gasteiger partial charge in [0.2, 0.25) is 0 Å². The molecule has 4 nitrogen and oxygen atoms in total. The van der Waals surface area contributed by atoms with E-state index in [1.165, 1.54) is 37.0 Å². The second-order valence-electron chi connectivity index (χ2n) is 4.48. The van der Waals surface area contributed by atoms with E-state index in [9.17, 15) is 0 Å². The van der Waals surface area contributed by atoms with Gasteiger partial charge >= 0.3 is 0 Å². The number of rotatable bonds is 2. The Labute approximate surface area is 118 Å². The molecule has 0 aromatic carbocycles. The molecule has 0 atom stereocenters. The molecule has 1 saturated carbocycles. The first-order chi connectivity index (χ1) is 8.75. The Balaban J connectivity index is 2.07. The summed E-state index contributed by atoms with van der Waals surface area (Å²) in [5.41, 5.74) is 8.82. The van der Waals surface area contributed by atoms with Crippen LogP contribution in [0.1, 0.15) is 37.3 Å². The van der Waals surface area contributed by atoms with Crippen LogP contribution in [0.3, 0.4) is 0 Å². The zero-order chi connectivity index (χ0) is 12.5. The van der Waals surface area contributed by atoms with Gasteiger partial charge < -0.3 is 5.73 Å². The van der Waals surface area contributed by atoms with Crippen molar-refractivity contribution in [3.8, 4) is 10.7 Å². The number of hydrogen-bond acceptors (Lipinski definition) is 5. The van der Waals surface area contributed by atoms with E-state index in [1.807, 2.05) is 0 Å². The van der Waals surface area contributed by atoms with E-state index >= 15 is 0 Å². The van der Waals surface area contributed by atoms with Crippen LogP contribution in [0.5, 0.6) is 0 Å². The summed E-state index contributed by atoms with van der Waals surface area (Å²) in [7, 11) is 0. The van der Waals surface area contributed by atoms with Crippen molar-refractivity contribution < 1.29 is 0 Å². The standard InChI is InChI=1S/C12H13BrN4S/c13-9-10(7-3-1-2-4-7)16-12(17-11(9)14)8-5-15-6-18-8/h5-7H,1-4H2,(H2,14,16,17). The zero-order valence-electron chi connectivity index (χ0n) is 9.77. The Kier molecular flexibility index (Phi) is 3.30. The SMILES string of the molecule is Nc1nc(-c2cncs2)nc(C2CCCC2)c1Br. The lowest BCUT2D eigenvalue weighted by Crippen LogP contribution is -2.05. The fraction of sp³-hybridized carbons (Fsp3) is 0.417. The highest BCUT2D eigenvalue weighted by Gasteiger charge is 2.23. The van der Waals surface area contributed by atoms with Gasteiger partial charge in [-0.2, -0.15) is 0 Å². The third kappa shape index (κ3) is 2.14. The maximum atomic E-state index is 5.98. The van der Waals surface area contributed by atoms with Crippen molar-refractivity contribution in [2.45, 2.75) is 31.6 Å². The van der Waals surface area contributed by atoms with Crippen LogP contribution < -0.4 is 5.73 Å². The molecule has 0 radical (unpaired) electrons. The summed E-state index contributed by atoms with van der Waals surface area (Å²) < 4.78 is 0.864. The van der Waals surface area contributed by atoms with Gasteiger partial charge in [-0.15, -0.1) is 11.3 Å². The first-order valence-electron chi connectivity index (χ1n) is 5.97. The molecule has 0 saturated heterocycles. The van der Waals surface area contributed by atoms with Crippen LogP contribution in [0.15, 0.2) is 16.2 Å². The van der Waals surface area contributed by atoms with Crippen LogP contribution in [0.2, 0.25) is 0 Å². The normalized spacial score (nSPS) is 16.3. The van der Waals surface area contributed by atoms with E-state index in [0.29, 0.717) is 17.6 Å². The number of aromatic nitrogens is 3. The van der Waals surface area contributed by atoms with Crippen molar-refractivity contribution in [1.82, 2.24) is 15.0 Å². The molecule has 0 unspecified atom stereocenters. The zero-order valence-corrected chi connectivity index (χ0v) is 12.2. The third-order valence-corrected chi connectivity index (χ3v) is 4.88. The minimum atomic E-state index is 0.511. The van der Waals surface area contributed by atoms with Gasteiger partial charge in [0.1, 0.15) is 5.82 Å². The van der Waals surface area contributed by atoms with E-state index < -0.39 is 0 Å². The molecule has 2 aromatic heterocycles. The van der Waals surface area contributed by atoms with E-state index in [4.69, 9.17) is 10.7 Å². The van der Waals surface area contributed by atoms with Gasteiger partial charge in [0, 0.05) is 12.1 Å². The smallest absolute Gasteiger partial charge is 0.173 e. The molecule has 1 fully saturated rings. The highest BCUT2D eigenvalue weighted by Crippen LogP contribution is 2.39. The quantitative estimate of drug-likeness (QED) is 0.916. The molecule has 94 valence electrons. The van der Waals surface area contributed by atoms with Gasteiger partial charge in [-0.05, 0) is 28.8 Å². The van der Waals surface area contributed by atoms with E-state index in [-0.39, 0.29) is 0 Å². The first-order valence-corrected chi connectivity index (χ1v) is 7.64. The second kappa shape index (κ2) is 4.93. The van der Waals surface area contributed by atoms with E-state index in [0.717, 1.165) is 15.0 Å². The van der Waals surface area contributed by atoms with Crippen LogP contribution in [0.25, 0.3) is 10.7 Å². The molecule has 0 aliphatic heterocycles. The lowest BCUT2D eigenvalue weighted by Gasteiger charge is -2.13. The Morgan fingerprint density at radius 3 is 2.72 bits per heavy atom. The second-order valence-corrected chi connectivity index (χ2v) is 6.16. The Morgan fingerprint density at radius 1 is 1.28 bits per heavy atom. The summed E-state index contributed by atoms with van der Waals surface area (Å²) in [6.07, 6.45) is 6.72. The van der Waals surface area contributed by atoms with Gasteiger partial charge in [0.25, 0.3) is 0 Å². The predicted molar refractivity (Wildman–Crippen MR) is 76.5 cm³/mol. The Bertz CT molecular complexity index is 549. The van der Waals surface area contributed by atoms with Crippen molar-refractivity contribution >= 4 is 33.1 Å². The monoisotopic (exact) mass is 324 g/mol. The lowest BCUT2D eigenvalue weighted by atomic mass is 10.0. The predicted octanol–water partition coefficient (Wildman–Crippen LogP) is 3.60. The molecule has 0 bridgehead atoms. The number of halogens is 1. The van der Waals surface area contributed by atoms with Crippen molar-refractivity contribution in [2.75, 3.05) is 5.73 Å². The molecule has 2 aromatic rings. The highest BCUT2D eigenvalue weighted by atomic mass is 79.9. The number of hydrogen-bond donors (Lipinski definition) is 1. The average molecular weight is 325 g/mol. The summed E-state index contributed by atoms with van der Waals surface area (Å²) in [6.45, 7) is 0. The maximum Gasteiger partial charge on any atom is 0.173 e. The molecule has 0 spiro atoms. The van der Waals surface area contributed by atoms with Gasteiger partial charge in [-0.1, -0.05) is 12.8 Å². The molecular weight excluding hydrogens is 312 g/mol. The van der Waals surface area contributed by atoms with Gasteiger partial charge in [0.15, 0.2) is 5.82 Å². The number of nitrogens with two attached hydrogens (primary N) is 1. The van der Waals surface area contributed by atoms with Crippen LogP contribution in [-0.4, -0.2) is 15.0 Å². The summed E-state index contributed by atoms with van der Waals surface area (Å²) in [5, 5.41) is 0. The number of thiazole rings is 1. The molecule has 1 aliphatic rings.